The summed E-state index contributed by atoms with van der Waals surface area (Å²) in [7, 11) is 0. The van der Waals surface area contributed by atoms with E-state index in [-0.39, 0.29) is 11.2 Å². The third kappa shape index (κ3) is 2.18. The Morgan fingerprint density at radius 3 is 2.81 bits per heavy atom. The van der Waals surface area contributed by atoms with E-state index < -0.39 is 11.0 Å². The Balaban J connectivity index is 2.26. The van der Waals surface area contributed by atoms with Crippen LogP contribution in [0.5, 0.6) is 0 Å². The second-order valence-electron chi connectivity index (χ2n) is 4.69. The zero-order valence-electron chi connectivity index (χ0n) is 11.2. The molecule has 0 saturated heterocycles. The fraction of sp³-hybridized carbons (Fsp3) is 0.143. The number of aromatic amines is 1. The van der Waals surface area contributed by atoms with Gasteiger partial charge in [0, 0.05) is 12.3 Å². The van der Waals surface area contributed by atoms with Gasteiger partial charge in [0.25, 0.3) is 11.2 Å². The van der Waals surface area contributed by atoms with E-state index in [2.05, 4.69) is 15.3 Å². The van der Waals surface area contributed by atoms with Crippen LogP contribution in [0.2, 0.25) is 0 Å². The van der Waals surface area contributed by atoms with Crippen LogP contribution in [0.25, 0.3) is 0 Å². The molecule has 106 valence electrons. The second kappa shape index (κ2) is 4.86. The highest BCUT2D eigenvalue weighted by molar-refractivity contribution is 5.96. The number of H-pyrrole nitrogens is 1. The van der Waals surface area contributed by atoms with E-state index in [9.17, 15) is 14.9 Å². The lowest BCUT2D eigenvalue weighted by Crippen LogP contribution is -2.26. The van der Waals surface area contributed by atoms with Crippen LogP contribution in [0, 0.1) is 10.1 Å². The quantitative estimate of drug-likeness (QED) is 0.652. The minimum Gasteiger partial charge on any atom is -0.344 e. The highest BCUT2D eigenvalue weighted by Gasteiger charge is 2.29. The van der Waals surface area contributed by atoms with Gasteiger partial charge < -0.3 is 10.3 Å². The van der Waals surface area contributed by atoms with Gasteiger partial charge in [-0.3, -0.25) is 19.9 Å². The number of nitro benzene ring substituents is 1. The van der Waals surface area contributed by atoms with Gasteiger partial charge in [-0.25, -0.2) is 0 Å². The predicted molar refractivity (Wildman–Crippen MR) is 78.7 cm³/mol. The van der Waals surface area contributed by atoms with Crippen molar-refractivity contribution < 1.29 is 4.92 Å². The van der Waals surface area contributed by atoms with Crippen LogP contribution in [0.4, 0.5) is 11.4 Å². The molecule has 2 N–H and O–H groups in total. The van der Waals surface area contributed by atoms with E-state index in [0.29, 0.717) is 22.6 Å². The van der Waals surface area contributed by atoms with E-state index in [1.54, 1.807) is 31.2 Å². The summed E-state index contributed by atoms with van der Waals surface area (Å²) in [5.74, 6) is 0.608. The number of hydrogen-bond donors (Lipinski definition) is 2. The van der Waals surface area contributed by atoms with Crippen molar-refractivity contribution in [2.45, 2.75) is 13.0 Å². The minimum atomic E-state index is -0.687. The number of anilines is 1. The first-order valence-electron chi connectivity index (χ1n) is 6.34. The average molecular weight is 284 g/mol. The molecule has 0 aliphatic carbocycles. The topological polar surface area (TPSA) is 100 Å². The molecule has 7 heteroatoms. The number of fused-ring (bicyclic) bond motifs is 1. The van der Waals surface area contributed by atoms with Crippen LogP contribution >= 0.6 is 0 Å². The molecule has 0 saturated carbocycles. The highest BCUT2D eigenvalue weighted by atomic mass is 16.6. The van der Waals surface area contributed by atoms with Crippen molar-refractivity contribution in [2.75, 3.05) is 5.32 Å². The molecule has 1 aromatic heterocycles. The molecular formula is C14H12N4O3. The van der Waals surface area contributed by atoms with Crippen molar-refractivity contribution in [2.24, 2.45) is 4.99 Å². The lowest BCUT2D eigenvalue weighted by Gasteiger charge is -2.23. The lowest BCUT2D eigenvalue weighted by atomic mass is 9.96. The summed E-state index contributed by atoms with van der Waals surface area (Å²) in [4.78, 5) is 29.8. The van der Waals surface area contributed by atoms with Gasteiger partial charge in [0.1, 0.15) is 6.04 Å². The largest absolute Gasteiger partial charge is 0.344 e. The molecular weight excluding hydrogens is 272 g/mol. The van der Waals surface area contributed by atoms with Gasteiger partial charge in [-0.15, -0.1) is 0 Å². The third-order valence-electron chi connectivity index (χ3n) is 3.34. The van der Waals surface area contributed by atoms with Crippen LogP contribution in [-0.4, -0.2) is 15.7 Å². The van der Waals surface area contributed by atoms with E-state index >= 15 is 0 Å². The SMILES string of the molecule is CC1=NC(c2ccccc2[N+](=O)[O-])c2c(cc[nH]c2=O)N1. The number of benzene rings is 1. The Bertz CT molecular complexity index is 810. The first-order chi connectivity index (χ1) is 10.1. The van der Waals surface area contributed by atoms with Gasteiger partial charge in [-0.2, -0.15) is 0 Å². The molecule has 7 nitrogen and oxygen atoms in total. The summed E-state index contributed by atoms with van der Waals surface area (Å²) in [6.07, 6.45) is 1.53. The Hall–Kier alpha value is -2.96. The summed E-state index contributed by atoms with van der Waals surface area (Å²) in [5.41, 5.74) is 1.06. The molecule has 0 fully saturated rings. The second-order valence-corrected chi connectivity index (χ2v) is 4.69. The molecule has 0 spiro atoms. The standard InChI is InChI=1S/C14H12N4O3/c1-8-16-10-6-7-15-14(19)12(10)13(17-8)9-4-2-3-5-11(9)18(20)21/h2-7,13H,1H3,(H,15,19)(H,16,17). The Morgan fingerprint density at radius 1 is 1.29 bits per heavy atom. The van der Waals surface area contributed by atoms with E-state index in [0.717, 1.165) is 0 Å². The highest BCUT2D eigenvalue weighted by Crippen LogP contribution is 2.36. The van der Waals surface area contributed by atoms with Crippen molar-refractivity contribution in [3.63, 3.8) is 0 Å². The maximum atomic E-state index is 12.1. The molecule has 1 aliphatic heterocycles. The van der Waals surface area contributed by atoms with E-state index in [1.807, 2.05) is 0 Å². The number of hydrogen-bond acceptors (Lipinski definition) is 5. The van der Waals surface area contributed by atoms with Crippen molar-refractivity contribution in [3.8, 4) is 0 Å². The van der Waals surface area contributed by atoms with Crippen molar-refractivity contribution in [3.05, 3.63) is 68.1 Å². The Labute approximate surface area is 119 Å². The number of amidine groups is 1. The molecule has 0 amide bonds. The van der Waals surface area contributed by atoms with Gasteiger partial charge in [0.2, 0.25) is 0 Å². The van der Waals surface area contributed by atoms with Gasteiger partial charge >= 0.3 is 0 Å². The number of nitro groups is 1. The summed E-state index contributed by atoms with van der Waals surface area (Å²) >= 11 is 0. The number of rotatable bonds is 2. The normalized spacial score (nSPS) is 16.6. The number of nitrogens with one attached hydrogen (secondary N) is 2. The third-order valence-corrected chi connectivity index (χ3v) is 3.34. The van der Waals surface area contributed by atoms with Gasteiger partial charge in [0.05, 0.1) is 27.6 Å². The monoisotopic (exact) mass is 284 g/mol. The smallest absolute Gasteiger partial charge is 0.275 e. The zero-order valence-corrected chi connectivity index (χ0v) is 11.2. The molecule has 0 bridgehead atoms. The zero-order chi connectivity index (χ0) is 15.0. The number of pyridine rings is 1. The Kier molecular flexibility index (Phi) is 3.02. The first-order valence-corrected chi connectivity index (χ1v) is 6.34. The van der Waals surface area contributed by atoms with Gasteiger partial charge in [-0.05, 0) is 19.1 Å². The van der Waals surface area contributed by atoms with Crippen molar-refractivity contribution in [1.29, 1.82) is 0 Å². The molecule has 1 aliphatic rings. The molecule has 2 heterocycles. The van der Waals surface area contributed by atoms with E-state index in [4.69, 9.17) is 0 Å². The molecule has 21 heavy (non-hydrogen) atoms. The first kappa shape index (κ1) is 13.0. The summed E-state index contributed by atoms with van der Waals surface area (Å²) in [5, 5.41) is 14.2. The van der Waals surface area contributed by atoms with Crippen LogP contribution in [0.15, 0.2) is 46.3 Å². The summed E-state index contributed by atoms with van der Waals surface area (Å²) < 4.78 is 0. The number of aliphatic imine (C=N–C) groups is 1. The van der Waals surface area contributed by atoms with Crippen molar-refractivity contribution >= 4 is 17.2 Å². The number of para-hydroxylation sites is 1. The van der Waals surface area contributed by atoms with Crippen molar-refractivity contribution in [1.82, 2.24) is 4.98 Å². The molecule has 1 unspecified atom stereocenters. The van der Waals surface area contributed by atoms with Crippen LogP contribution in [0.1, 0.15) is 24.1 Å². The fourth-order valence-corrected chi connectivity index (χ4v) is 2.47. The molecule has 0 radical (unpaired) electrons. The minimum absolute atomic E-state index is 0.0462. The van der Waals surface area contributed by atoms with Crippen LogP contribution in [-0.2, 0) is 0 Å². The van der Waals surface area contributed by atoms with E-state index in [1.165, 1.54) is 12.3 Å². The fourth-order valence-electron chi connectivity index (χ4n) is 2.47. The lowest BCUT2D eigenvalue weighted by molar-refractivity contribution is -0.385. The summed E-state index contributed by atoms with van der Waals surface area (Å²) in [6.45, 7) is 1.76. The van der Waals surface area contributed by atoms with Crippen LogP contribution in [0.3, 0.4) is 0 Å². The number of nitrogens with zero attached hydrogens (tertiary/aromatic N) is 2. The predicted octanol–water partition coefficient (Wildman–Crippen LogP) is 2.22. The van der Waals surface area contributed by atoms with Crippen LogP contribution < -0.4 is 10.9 Å². The summed E-state index contributed by atoms with van der Waals surface area (Å²) in [6, 6.07) is 7.37. The molecule has 1 atom stereocenters. The molecule has 2 aromatic rings. The molecule has 1 aromatic carbocycles. The molecule has 3 rings (SSSR count). The van der Waals surface area contributed by atoms with Gasteiger partial charge in [0.15, 0.2) is 0 Å². The maximum Gasteiger partial charge on any atom is 0.275 e. The number of aromatic nitrogens is 1. The Morgan fingerprint density at radius 2 is 2.05 bits per heavy atom. The van der Waals surface area contributed by atoms with Gasteiger partial charge in [-0.1, -0.05) is 12.1 Å². The average Bonchev–Trinajstić information content (AvgIpc) is 2.46. The maximum absolute atomic E-state index is 12.1.